The van der Waals surface area contributed by atoms with E-state index < -0.39 is 0 Å². The molecule has 0 amide bonds. The van der Waals surface area contributed by atoms with Gasteiger partial charge in [0, 0.05) is 21.9 Å². The summed E-state index contributed by atoms with van der Waals surface area (Å²) in [4.78, 5) is 2.62. The van der Waals surface area contributed by atoms with E-state index in [-0.39, 0.29) is 5.41 Å². The third kappa shape index (κ3) is 3.77. The minimum Gasteiger partial charge on any atom is -0.309 e. The van der Waals surface area contributed by atoms with Crippen molar-refractivity contribution in [3.05, 3.63) is 163 Å². The fraction of sp³-hybridized carbons (Fsp3) is 0.200. The van der Waals surface area contributed by atoms with Gasteiger partial charge in [-0.25, -0.2) is 0 Å². The maximum atomic E-state index is 2.66. The monoisotopic (exact) mass is 653 g/mol. The van der Waals surface area contributed by atoms with Crippen LogP contribution in [-0.2, 0) is 5.41 Å². The van der Waals surface area contributed by atoms with Crippen molar-refractivity contribution in [2.24, 2.45) is 23.7 Å². The molecule has 0 unspecified atom stereocenters. The van der Waals surface area contributed by atoms with Gasteiger partial charge < -0.3 is 4.90 Å². The van der Waals surface area contributed by atoms with E-state index in [1.165, 1.54) is 103 Å². The van der Waals surface area contributed by atoms with Crippen LogP contribution in [0.1, 0.15) is 43.2 Å². The molecule has 0 aliphatic heterocycles. The quantitative estimate of drug-likeness (QED) is 0.172. The van der Waals surface area contributed by atoms with Crippen molar-refractivity contribution in [1.82, 2.24) is 0 Å². The molecule has 5 aliphatic rings. The van der Waals surface area contributed by atoms with Crippen molar-refractivity contribution >= 4 is 60.2 Å². The lowest BCUT2D eigenvalue weighted by Crippen LogP contribution is -2.55. The van der Waals surface area contributed by atoms with Crippen molar-refractivity contribution < 1.29 is 0 Å². The molecule has 0 atom stereocenters. The van der Waals surface area contributed by atoms with Crippen LogP contribution in [0.3, 0.4) is 0 Å². The molecule has 0 N–H and O–H groups in total. The van der Waals surface area contributed by atoms with Crippen LogP contribution in [0.2, 0.25) is 0 Å². The zero-order chi connectivity index (χ0) is 33.3. The summed E-state index contributed by atoms with van der Waals surface area (Å²) in [7, 11) is 0. The Morgan fingerprint density at radius 3 is 1.45 bits per heavy atom. The Bertz CT molecular complexity index is 2590. The number of rotatable bonds is 3. The van der Waals surface area contributed by atoms with E-state index in [0.29, 0.717) is 0 Å². The Kier molecular flexibility index (Phi) is 5.73. The van der Waals surface area contributed by atoms with Gasteiger partial charge >= 0.3 is 0 Å². The highest BCUT2D eigenvalue weighted by atomic mass is 15.1. The highest BCUT2D eigenvalue weighted by Gasteiger charge is 2.61. The molecular formula is C50H39N. The zero-order valence-corrected chi connectivity index (χ0v) is 28.7. The molecule has 13 rings (SSSR count). The number of benzene rings is 8. The molecule has 8 aromatic carbocycles. The number of anilines is 3. The lowest BCUT2D eigenvalue weighted by atomic mass is 9.43. The predicted octanol–water partition coefficient (Wildman–Crippen LogP) is 13.5. The van der Waals surface area contributed by atoms with E-state index in [1.807, 2.05) is 0 Å². The van der Waals surface area contributed by atoms with Gasteiger partial charge in [-0.3, -0.25) is 0 Å². The molecular weight excluding hydrogens is 615 g/mol. The molecule has 0 saturated heterocycles. The van der Waals surface area contributed by atoms with Gasteiger partial charge in [-0.2, -0.15) is 0 Å². The zero-order valence-electron chi connectivity index (χ0n) is 28.7. The Hall–Kier alpha value is -5.40. The highest BCUT2D eigenvalue weighted by Crippen LogP contribution is 2.69. The summed E-state index contributed by atoms with van der Waals surface area (Å²) >= 11 is 0. The Morgan fingerprint density at radius 2 is 0.863 bits per heavy atom. The third-order valence-electron chi connectivity index (χ3n) is 13.8. The first-order valence-corrected chi connectivity index (χ1v) is 19.1. The minimum atomic E-state index is 0.109. The van der Waals surface area contributed by atoms with Crippen molar-refractivity contribution in [2.75, 3.05) is 4.90 Å². The molecule has 4 saturated carbocycles. The first kappa shape index (κ1) is 28.3. The average molecular weight is 654 g/mol. The van der Waals surface area contributed by atoms with Gasteiger partial charge in [-0.05, 0) is 135 Å². The van der Waals surface area contributed by atoms with E-state index >= 15 is 0 Å². The maximum Gasteiger partial charge on any atom is 0.0546 e. The second-order valence-corrected chi connectivity index (χ2v) is 16.1. The van der Waals surface area contributed by atoms with E-state index in [0.717, 1.165) is 23.7 Å². The number of hydrogen-bond donors (Lipinski definition) is 0. The van der Waals surface area contributed by atoms with Gasteiger partial charge in [0.1, 0.15) is 0 Å². The molecule has 0 heterocycles. The number of nitrogens with zero attached hydrogens (tertiary/aromatic N) is 1. The summed E-state index contributed by atoms with van der Waals surface area (Å²) in [5.41, 5.74) is 9.99. The fourth-order valence-corrected chi connectivity index (χ4v) is 12.1. The lowest BCUT2D eigenvalue weighted by molar-refractivity contribution is -0.0399. The molecule has 5 aliphatic carbocycles. The summed E-state index contributed by atoms with van der Waals surface area (Å²) in [6.45, 7) is 0. The van der Waals surface area contributed by atoms with Crippen molar-refractivity contribution in [2.45, 2.75) is 37.5 Å². The van der Waals surface area contributed by atoms with Crippen LogP contribution in [0.25, 0.3) is 54.2 Å². The third-order valence-corrected chi connectivity index (χ3v) is 13.8. The van der Waals surface area contributed by atoms with Gasteiger partial charge in [-0.1, -0.05) is 127 Å². The van der Waals surface area contributed by atoms with Gasteiger partial charge in [-0.15, -0.1) is 0 Å². The first-order chi connectivity index (χ1) is 25.3. The minimum absolute atomic E-state index is 0.109. The van der Waals surface area contributed by atoms with Gasteiger partial charge in [0.25, 0.3) is 0 Å². The second-order valence-electron chi connectivity index (χ2n) is 16.1. The maximum absolute atomic E-state index is 2.66. The second kappa shape index (κ2) is 10.3. The van der Waals surface area contributed by atoms with Crippen molar-refractivity contribution in [1.29, 1.82) is 0 Å². The fourth-order valence-electron chi connectivity index (χ4n) is 12.1. The lowest BCUT2D eigenvalue weighted by Gasteiger charge is -2.61. The van der Waals surface area contributed by atoms with Crippen molar-refractivity contribution in [3.8, 4) is 11.1 Å². The molecule has 4 fully saturated rings. The van der Waals surface area contributed by atoms with Gasteiger partial charge in [0.2, 0.25) is 0 Å². The van der Waals surface area contributed by atoms with Crippen LogP contribution in [-0.4, -0.2) is 0 Å². The molecule has 1 heteroatoms. The van der Waals surface area contributed by atoms with Crippen molar-refractivity contribution in [3.63, 3.8) is 0 Å². The van der Waals surface area contributed by atoms with Crippen LogP contribution in [0.15, 0.2) is 152 Å². The molecule has 8 aromatic rings. The SMILES string of the molecule is c1ccc2c(c1)-c1ccc(N(c3cc4ccccc4c4ccccc34)c3cc4ccccc4c4ccccc34)cc1C21C2CC3CC(C2)CC1C3. The first-order valence-electron chi connectivity index (χ1n) is 19.1. The van der Waals surface area contributed by atoms with Crippen LogP contribution >= 0.6 is 0 Å². The molecule has 0 aromatic heterocycles. The Labute approximate surface area is 299 Å². The number of fused-ring (bicyclic) bond motifs is 9. The van der Waals surface area contributed by atoms with Gasteiger partial charge in [0.05, 0.1) is 11.4 Å². The highest BCUT2D eigenvalue weighted by molar-refractivity contribution is 6.18. The van der Waals surface area contributed by atoms with Crippen LogP contribution in [0.5, 0.6) is 0 Å². The predicted molar refractivity (Wildman–Crippen MR) is 214 cm³/mol. The van der Waals surface area contributed by atoms with Crippen LogP contribution in [0.4, 0.5) is 17.1 Å². The summed E-state index contributed by atoms with van der Waals surface area (Å²) in [5.74, 6) is 3.29. The van der Waals surface area contributed by atoms with E-state index in [2.05, 4.69) is 157 Å². The van der Waals surface area contributed by atoms with E-state index in [9.17, 15) is 0 Å². The molecule has 244 valence electrons. The summed E-state index contributed by atoms with van der Waals surface area (Å²) < 4.78 is 0. The topological polar surface area (TPSA) is 3.24 Å². The molecule has 51 heavy (non-hydrogen) atoms. The number of hydrogen-bond acceptors (Lipinski definition) is 1. The summed E-state index contributed by atoms with van der Waals surface area (Å²) in [5, 5.41) is 10.3. The Morgan fingerprint density at radius 1 is 0.392 bits per heavy atom. The molecule has 1 spiro atoms. The van der Waals surface area contributed by atoms with Crippen LogP contribution < -0.4 is 4.90 Å². The Balaban J connectivity index is 1.19. The summed E-state index contributed by atoms with van der Waals surface area (Å²) in [6.07, 6.45) is 7.02. The van der Waals surface area contributed by atoms with E-state index in [1.54, 1.807) is 11.1 Å². The summed E-state index contributed by atoms with van der Waals surface area (Å²) in [6, 6.07) is 57.9. The van der Waals surface area contributed by atoms with Gasteiger partial charge in [0.15, 0.2) is 0 Å². The normalized spacial score (nSPS) is 24.2. The largest absolute Gasteiger partial charge is 0.309 e. The standard InChI is InChI=1S/C50H39N/c1-3-13-38-33(11-1)28-48(44-18-7-5-15-40(38)44)51(49-29-34-12-2-4-14-39(34)41-16-6-8-19-45(41)49)37-21-22-43-42-17-9-10-20-46(42)50(47(43)30-37)35-24-31-23-32(26-35)27-36(50)25-31/h1-22,28-32,35-36H,23-27H2. The van der Waals surface area contributed by atoms with Crippen LogP contribution in [0, 0.1) is 23.7 Å². The molecule has 1 nitrogen and oxygen atoms in total. The average Bonchev–Trinajstić information content (AvgIpc) is 3.47. The van der Waals surface area contributed by atoms with E-state index in [4.69, 9.17) is 0 Å². The smallest absolute Gasteiger partial charge is 0.0546 e. The molecule has 0 radical (unpaired) electrons. The molecule has 4 bridgehead atoms.